The van der Waals surface area contributed by atoms with Crippen molar-refractivity contribution < 1.29 is 22.4 Å². The molecular weight excluding hydrogens is 388 g/mol. The van der Waals surface area contributed by atoms with E-state index in [1.807, 2.05) is 6.92 Å². The summed E-state index contributed by atoms with van der Waals surface area (Å²) in [5.74, 6) is -1.11. The van der Waals surface area contributed by atoms with Crippen molar-refractivity contribution >= 4 is 5.91 Å². The van der Waals surface area contributed by atoms with Gasteiger partial charge in [-0.3, -0.25) is 9.78 Å². The van der Waals surface area contributed by atoms with Crippen molar-refractivity contribution in [2.45, 2.75) is 25.4 Å². The van der Waals surface area contributed by atoms with Gasteiger partial charge in [-0.05, 0) is 35.9 Å². The van der Waals surface area contributed by atoms with Crippen LogP contribution in [0.15, 0.2) is 42.7 Å². The molecule has 0 fully saturated rings. The van der Waals surface area contributed by atoms with Crippen LogP contribution in [0.2, 0.25) is 0 Å². The molecular formula is C20H16F4N4O. The number of fused-ring (bicyclic) bond motifs is 1. The maximum atomic E-state index is 13.7. The zero-order chi connectivity index (χ0) is 20.8. The number of alkyl halides is 3. The molecule has 0 spiro atoms. The van der Waals surface area contributed by atoms with Gasteiger partial charge in [-0.15, -0.1) is 0 Å². The van der Waals surface area contributed by atoms with Gasteiger partial charge in [-0.1, -0.05) is 6.92 Å². The van der Waals surface area contributed by atoms with Crippen LogP contribution in [0.3, 0.4) is 0 Å². The first-order valence-electron chi connectivity index (χ1n) is 8.90. The third-order valence-electron chi connectivity index (χ3n) is 4.80. The van der Waals surface area contributed by atoms with Crippen LogP contribution in [-0.4, -0.2) is 27.2 Å². The molecule has 3 heterocycles. The summed E-state index contributed by atoms with van der Waals surface area (Å²) in [6, 6.07) is 5.81. The molecule has 5 nitrogen and oxygen atoms in total. The molecule has 1 aromatic carbocycles. The molecule has 1 amide bonds. The van der Waals surface area contributed by atoms with Gasteiger partial charge >= 0.3 is 6.18 Å². The van der Waals surface area contributed by atoms with Gasteiger partial charge in [0.25, 0.3) is 5.91 Å². The van der Waals surface area contributed by atoms with Crippen molar-refractivity contribution in [1.29, 1.82) is 0 Å². The number of hydrogen-bond donors (Lipinski definition) is 1. The maximum Gasteiger partial charge on any atom is 0.416 e. The van der Waals surface area contributed by atoms with Crippen LogP contribution in [0.1, 0.15) is 45.7 Å². The first-order valence-corrected chi connectivity index (χ1v) is 8.90. The number of carbonyl (C=O) groups excluding carboxylic acids is 1. The van der Waals surface area contributed by atoms with E-state index in [1.165, 1.54) is 12.4 Å². The van der Waals surface area contributed by atoms with Crippen molar-refractivity contribution in [1.82, 2.24) is 20.1 Å². The van der Waals surface area contributed by atoms with Crippen LogP contribution >= 0.6 is 0 Å². The molecule has 3 aromatic rings. The topological polar surface area (TPSA) is 59.8 Å². The number of nitrogens with zero attached hydrogens (tertiary/aromatic N) is 3. The molecule has 1 aliphatic heterocycles. The second kappa shape index (κ2) is 6.98. The van der Waals surface area contributed by atoms with Crippen LogP contribution < -0.4 is 5.32 Å². The monoisotopic (exact) mass is 404 g/mol. The molecule has 1 aliphatic rings. The molecule has 0 saturated heterocycles. The molecule has 4 rings (SSSR count). The van der Waals surface area contributed by atoms with Gasteiger partial charge in [0, 0.05) is 30.8 Å². The second-order valence-corrected chi connectivity index (χ2v) is 6.99. The molecule has 1 N–H and O–H groups in total. The van der Waals surface area contributed by atoms with Crippen LogP contribution in [0.5, 0.6) is 0 Å². The van der Waals surface area contributed by atoms with Gasteiger partial charge in [0.1, 0.15) is 5.82 Å². The maximum absolute atomic E-state index is 13.7. The van der Waals surface area contributed by atoms with E-state index in [-0.39, 0.29) is 23.8 Å². The Kier molecular flexibility index (Phi) is 4.60. The van der Waals surface area contributed by atoms with Crippen LogP contribution in [0.25, 0.3) is 5.69 Å². The number of rotatable bonds is 3. The number of amides is 1. The quantitative estimate of drug-likeness (QED) is 0.675. The molecule has 1 unspecified atom stereocenters. The largest absolute Gasteiger partial charge is 0.416 e. The fourth-order valence-corrected chi connectivity index (χ4v) is 3.47. The third-order valence-corrected chi connectivity index (χ3v) is 4.80. The van der Waals surface area contributed by atoms with Crippen molar-refractivity contribution in [3.63, 3.8) is 0 Å². The van der Waals surface area contributed by atoms with E-state index in [9.17, 15) is 22.4 Å². The molecule has 9 heteroatoms. The van der Waals surface area contributed by atoms with Crippen LogP contribution in [0, 0.1) is 5.82 Å². The highest BCUT2D eigenvalue weighted by molar-refractivity contribution is 5.96. The standard InChI is InChI=1S/C20H16F4N4O/c1-11-9-26-19(29)17-10-27-28(18(11)17)16-2-3-25-15(8-16)6-12-4-13(20(22,23)24)7-14(21)5-12/h2-5,7-8,10-11H,6,9H2,1H3,(H,26,29). The van der Waals surface area contributed by atoms with Crippen LogP contribution in [0.4, 0.5) is 17.6 Å². The minimum absolute atomic E-state index is 0.0220. The summed E-state index contributed by atoms with van der Waals surface area (Å²) >= 11 is 0. The van der Waals surface area contributed by atoms with Gasteiger partial charge in [0.05, 0.1) is 28.7 Å². The third kappa shape index (κ3) is 3.72. The molecule has 1 atom stereocenters. The van der Waals surface area contributed by atoms with Gasteiger partial charge in [-0.25, -0.2) is 9.07 Å². The second-order valence-electron chi connectivity index (χ2n) is 6.99. The van der Waals surface area contributed by atoms with E-state index in [0.717, 1.165) is 17.8 Å². The van der Waals surface area contributed by atoms with E-state index in [0.29, 0.717) is 29.6 Å². The molecule has 0 aliphatic carbocycles. The van der Waals surface area contributed by atoms with E-state index in [4.69, 9.17) is 0 Å². The number of aromatic nitrogens is 3. The Morgan fingerprint density at radius 3 is 2.79 bits per heavy atom. The lowest BCUT2D eigenvalue weighted by Gasteiger charge is -2.21. The first kappa shape index (κ1) is 19.1. The average Bonchev–Trinajstić information content (AvgIpc) is 3.10. The fraction of sp³-hybridized carbons (Fsp3) is 0.250. The summed E-state index contributed by atoms with van der Waals surface area (Å²) in [7, 11) is 0. The zero-order valence-corrected chi connectivity index (χ0v) is 15.3. The number of carbonyl (C=O) groups is 1. The number of nitrogens with one attached hydrogen (secondary N) is 1. The van der Waals surface area contributed by atoms with Crippen molar-refractivity contribution in [3.05, 3.63) is 76.6 Å². The Labute approximate surface area is 163 Å². The van der Waals surface area contributed by atoms with Gasteiger partial charge < -0.3 is 5.32 Å². The van der Waals surface area contributed by atoms with E-state index < -0.39 is 17.6 Å². The highest BCUT2D eigenvalue weighted by Crippen LogP contribution is 2.31. The SMILES string of the molecule is CC1CNC(=O)c2cnn(-c3ccnc(Cc4cc(F)cc(C(F)(F)F)c4)c3)c21. The smallest absolute Gasteiger partial charge is 0.351 e. The average molecular weight is 404 g/mol. The lowest BCUT2D eigenvalue weighted by atomic mass is 9.99. The van der Waals surface area contributed by atoms with Crippen molar-refractivity contribution in [3.8, 4) is 5.69 Å². The number of pyridine rings is 1. The Morgan fingerprint density at radius 2 is 2.03 bits per heavy atom. The Bertz CT molecular complexity index is 1090. The van der Waals surface area contributed by atoms with Gasteiger partial charge in [-0.2, -0.15) is 18.3 Å². The van der Waals surface area contributed by atoms with Crippen molar-refractivity contribution in [2.75, 3.05) is 6.54 Å². The summed E-state index contributed by atoms with van der Waals surface area (Å²) in [5.41, 5.74) is 1.46. The lowest BCUT2D eigenvalue weighted by Crippen LogP contribution is -2.34. The first-order chi connectivity index (χ1) is 13.7. The fourth-order valence-electron chi connectivity index (χ4n) is 3.47. The highest BCUT2D eigenvalue weighted by Gasteiger charge is 2.31. The van der Waals surface area contributed by atoms with Crippen LogP contribution in [-0.2, 0) is 12.6 Å². The van der Waals surface area contributed by atoms with Crippen molar-refractivity contribution in [2.24, 2.45) is 0 Å². The van der Waals surface area contributed by atoms with E-state index in [1.54, 1.807) is 16.8 Å². The molecule has 29 heavy (non-hydrogen) atoms. The summed E-state index contributed by atoms with van der Waals surface area (Å²) in [5, 5.41) is 7.08. The van der Waals surface area contributed by atoms with E-state index >= 15 is 0 Å². The summed E-state index contributed by atoms with van der Waals surface area (Å²) in [4.78, 5) is 16.2. The number of halogens is 4. The Hall–Kier alpha value is -3.23. The summed E-state index contributed by atoms with van der Waals surface area (Å²) < 4.78 is 54.1. The minimum Gasteiger partial charge on any atom is -0.351 e. The van der Waals surface area contributed by atoms with Gasteiger partial charge in [0.15, 0.2) is 0 Å². The molecule has 0 bridgehead atoms. The minimum atomic E-state index is -4.63. The Morgan fingerprint density at radius 1 is 1.24 bits per heavy atom. The normalized spacial score (nSPS) is 16.4. The molecule has 2 aromatic heterocycles. The van der Waals surface area contributed by atoms with E-state index in [2.05, 4.69) is 15.4 Å². The lowest BCUT2D eigenvalue weighted by molar-refractivity contribution is -0.137. The van der Waals surface area contributed by atoms with Gasteiger partial charge in [0.2, 0.25) is 0 Å². The Balaban J connectivity index is 1.68. The number of benzene rings is 1. The zero-order valence-electron chi connectivity index (χ0n) is 15.3. The summed E-state index contributed by atoms with van der Waals surface area (Å²) in [6.07, 6.45) is -1.61. The molecule has 150 valence electrons. The molecule has 0 saturated carbocycles. The number of hydrogen-bond acceptors (Lipinski definition) is 3. The summed E-state index contributed by atoms with van der Waals surface area (Å²) in [6.45, 7) is 2.45. The highest BCUT2D eigenvalue weighted by atomic mass is 19.4. The predicted octanol–water partition coefficient (Wildman–Crippen LogP) is 3.86. The molecule has 0 radical (unpaired) electrons. The predicted molar refractivity (Wildman–Crippen MR) is 96.3 cm³/mol.